The van der Waals surface area contributed by atoms with Gasteiger partial charge < -0.3 is 9.84 Å². The molecule has 1 saturated carbocycles. The highest BCUT2D eigenvalue weighted by molar-refractivity contribution is 5.29. The highest BCUT2D eigenvalue weighted by atomic mass is 16.5. The Balaban J connectivity index is 2.38. The predicted molar refractivity (Wildman–Crippen MR) is 60.7 cm³/mol. The summed E-state index contributed by atoms with van der Waals surface area (Å²) in [6.45, 7) is 4.40. The minimum Gasteiger partial charge on any atom is -0.389 e. The topological polar surface area (TPSA) is 29.5 Å². The van der Waals surface area contributed by atoms with Crippen molar-refractivity contribution in [1.82, 2.24) is 0 Å². The fourth-order valence-corrected chi connectivity index (χ4v) is 3.45. The molecule has 15 heavy (non-hydrogen) atoms. The summed E-state index contributed by atoms with van der Waals surface area (Å²) in [6.07, 6.45) is 5.63. The Kier molecular flexibility index (Phi) is 2.91. The lowest BCUT2D eigenvalue weighted by molar-refractivity contribution is -0.0215. The van der Waals surface area contributed by atoms with Crippen LogP contribution in [0.5, 0.6) is 0 Å². The molecule has 2 aliphatic rings. The maximum atomic E-state index is 9.89. The minimum absolute atomic E-state index is 0.191. The van der Waals surface area contributed by atoms with E-state index in [4.69, 9.17) is 4.74 Å². The highest BCUT2D eigenvalue weighted by Crippen LogP contribution is 2.50. The molecule has 3 atom stereocenters. The molecule has 86 valence electrons. The number of rotatable bonds is 1. The van der Waals surface area contributed by atoms with Crippen molar-refractivity contribution in [2.45, 2.75) is 58.2 Å². The van der Waals surface area contributed by atoms with Gasteiger partial charge in [0.1, 0.15) is 0 Å². The van der Waals surface area contributed by atoms with Gasteiger partial charge in [-0.05, 0) is 44.6 Å². The van der Waals surface area contributed by atoms with Crippen LogP contribution in [0.25, 0.3) is 0 Å². The Morgan fingerprint density at radius 2 is 2.13 bits per heavy atom. The lowest BCUT2D eigenvalue weighted by Crippen LogP contribution is -2.43. The van der Waals surface area contributed by atoms with Crippen molar-refractivity contribution in [3.63, 3.8) is 0 Å². The Bertz CT molecular complexity index is 282. The smallest absolute Gasteiger partial charge is 0.0750 e. The summed E-state index contributed by atoms with van der Waals surface area (Å²) < 4.78 is 5.63. The van der Waals surface area contributed by atoms with E-state index in [-0.39, 0.29) is 11.5 Å². The van der Waals surface area contributed by atoms with Gasteiger partial charge in [-0.3, -0.25) is 0 Å². The van der Waals surface area contributed by atoms with Crippen molar-refractivity contribution >= 4 is 0 Å². The van der Waals surface area contributed by atoms with Crippen molar-refractivity contribution in [2.75, 3.05) is 7.11 Å². The molecule has 0 heterocycles. The van der Waals surface area contributed by atoms with E-state index in [9.17, 15) is 5.11 Å². The number of aliphatic hydroxyl groups is 1. The summed E-state index contributed by atoms with van der Waals surface area (Å²) in [7, 11) is 1.82. The van der Waals surface area contributed by atoms with E-state index in [1.807, 2.05) is 7.11 Å². The van der Waals surface area contributed by atoms with Gasteiger partial charge in [-0.2, -0.15) is 0 Å². The maximum absolute atomic E-state index is 9.89. The van der Waals surface area contributed by atoms with Crippen LogP contribution in [0, 0.1) is 5.41 Å². The van der Waals surface area contributed by atoms with Crippen molar-refractivity contribution in [2.24, 2.45) is 5.41 Å². The minimum atomic E-state index is -0.205. The fourth-order valence-electron chi connectivity index (χ4n) is 3.45. The van der Waals surface area contributed by atoms with Crippen LogP contribution in [0.2, 0.25) is 0 Å². The molecule has 1 N–H and O–H groups in total. The molecule has 0 aromatic rings. The zero-order chi connectivity index (χ0) is 11.1. The molecule has 0 spiro atoms. The van der Waals surface area contributed by atoms with Crippen LogP contribution in [0.1, 0.15) is 46.0 Å². The third kappa shape index (κ3) is 1.64. The maximum Gasteiger partial charge on any atom is 0.0750 e. The van der Waals surface area contributed by atoms with Gasteiger partial charge in [-0.25, -0.2) is 0 Å². The van der Waals surface area contributed by atoms with Gasteiger partial charge in [-0.15, -0.1) is 0 Å². The first-order chi connectivity index (χ1) is 7.09. The Hall–Kier alpha value is -0.340. The van der Waals surface area contributed by atoms with Gasteiger partial charge in [0.05, 0.1) is 12.2 Å². The van der Waals surface area contributed by atoms with Crippen LogP contribution in [-0.4, -0.2) is 24.4 Å². The van der Waals surface area contributed by atoms with Crippen LogP contribution in [-0.2, 0) is 4.74 Å². The number of fused-ring (bicyclic) bond motifs is 1. The van der Waals surface area contributed by atoms with E-state index in [2.05, 4.69) is 13.8 Å². The number of methoxy groups -OCH3 is 1. The van der Waals surface area contributed by atoms with E-state index < -0.39 is 0 Å². The molecule has 3 unspecified atom stereocenters. The van der Waals surface area contributed by atoms with Crippen LogP contribution < -0.4 is 0 Å². The largest absolute Gasteiger partial charge is 0.389 e. The standard InChI is InChI=1S/C13H22O2/c1-9-10-5-4-6-12(15-3)13(10,2)8-7-11(9)14/h11-12,14H,4-8H2,1-3H3. The number of hydrogen-bond acceptors (Lipinski definition) is 2. The second-order valence-electron chi connectivity index (χ2n) is 5.25. The molecule has 2 aliphatic carbocycles. The first kappa shape index (κ1) is 11.2. The quantitative estimate of drug-likeness (QED) is 0.674. The first-order valence-electron chi connectivity index (χ1n) is 6.00. The molecular weight excluding hydrogens is 188 g/mol. The molecule has 1 fully saturated rings. The summed E-state index contributed by atoms with van der Waals surface area (Å²) in [6, 6.07) is 0. The van der Waals surface area contributed by atoms with Crippen LogP contribution in [0.15, 0.2) is 11.1 Å². The van der Waals surface area contributed by atoms with E-state index in [0.717, 1.165) is 19.3 Å². The third-order valence-corrected chi connectivity index (χ3v) is 4.49. The van der Waals surface area contributed by atoms with Gasteiger partial charge in [0, 0.05) is 12.5 Å². The van der Waals surface area contributed by atoms with E-state index in [0.29, 0.717) is 6.10 Å². The average molecular weight is 210 g/mol. The van der Waals surface area contributed by atoms with Crippen LogP contribution >= 0.6 is 0 Å². The Morgan fingerprint density at radius 1 is 1.40 bits per heavy atom. The molecular formula is C13H22O2. The second-order valence-corrected chi connectivity index (χ2v) is 5.25. The first-order valence-corrected chi connectivity index (χ1v) is 6.00. The average Bonchev–Trinajstić information content (AvgIpc) is 2.24. The summed E-state index contributed by atoms with van der Waals surface area (Å²) >= 11 is 0. The van der Waals surface area contributed by atoms with Gasteiger partial charge in [0.15, 0.2) is 0 Å². The van der Waals surface area contributed by atoms with Crippen molar-refractivity contribution < 1.29 is 9.84 Å². The molecule has 0 radical (unpaired) electrons. The number of hydrogen-bond donors (Lipinski definition) is 1. The zero-order valence-corrected chi connectivity index (χ0v) is 10.0. The van der Waals surface area contributed by atoms with E-state index in [1.165, 1.54) is 24.0 Å². The second kappa shape index (κ2) is 3.91. The number of ether oxygens (including phenoxy) is 1. The van der Waals surface area contributed by atoms with Crippen LogP contribution in [0.3, 0.4) is 0 Å². The molecule has 0 aromatic heterocycles. The fraction of sp³-hybridized carbons (Fsp3) is 0.846. The van der Waals surface area contributed by atoms with E-state index in [1.54, 1.807) is 0 Å². The number of aliphatic hydroxyl groups excluding tert-OH is 1. The van der Waals surface area contributed by atoms with Crippen molar-refractivity contribution in [3.8, 4) is 0 Å². The summed E-state index contributed by atoms with van der Waals surface area (Å²) in [5.74, 6) is 0. The summed E-state index contributed by atoms with van der Waals surface area (Å²) in [5, 5.41) is 9.89. The molecule has 0 aliphatic heterocycles. The molecule has 0 aromatic carbocycles. The van der Waals surface area contributed by atoms with Crippen LogP contribution in [0.4, 0.5) is 0 Å². The third-order valence-electron chi connectivity index (χ3n) is 4.49. The van der Waals surface area contributed by atoms with Crippen molar-refractivity contribution in [1.29, 1.82) is 0 Å². The monoisotopic (exact) mass is 210 g/mol. The predicted octanol–water partition coefficient (Wildman–Crippen LogP) is 2.66. The van der Waals surface area contributed by atoms with Gasteiger partial charge >= 0.3 is 0 Å². The van der Waals surface area contributed by atoms with E-state index >= 15 is 0 Å². The molecule has 2 heteroatoms. The summed E-state index contributed by atoms with van der Waals surface area (Å²) in [4.78, 5) is 0. The van der Waals surface area contributed by atoms with Gasteiger partial charge in [-0.1, -0.05) is 12.5 Å². The Labute approximate surface area is 92.3 Å². The molecule has 2 rings (SSSR count). The molecule has 0 amide bonds. The van der Waals surface area contributed by atoms with Crippen molar-refractivity contribution in [3.05, 3.63) is 11.1 Å². The van der Waals surface area contributed by atoms with Gasteiger partial charge in [0.25, 0.3) is 0 Å². The highest BCUT2D eigenvalue weighted by Gasteiger charge is 2.44. The van der Waals surface area contributed by atoms with Gasteiger partial charge in [0.2, 0.25) is 0 Å². The summed E-state index contributed by atoms with van der Waals surface area (Å²) in [5.41, 5.74) is 2.88. The normalized spacial score (nSPS) is 41.6. The molecule has 2 nitrogen and oxygen atoms in total. The lowest BCUT2D eigenvalue weighted by atomic mass is 9.62. The molecule has 0 bridgehead atoms. The molecule has 0 saturated heterocycles. The lowest BCUT2D eigenvalue weighted by Gasteiger charge is -2.47. The Morgan fingerprint density at radius 3 is 2.80 bits per heavy atom. The zero-order valence-electron chi connectivity index (χ0n) is 10.0. The SMILES string of the molecule is COC1CCCC2=C(C)C(O)CCC21C.